The fourth-order valence-electron chi connectivity index (χ4n) is 3.31. The van der Waals surface area contributed by atoms with E-state index in [1.54, 1.807) is 23.9 Å². The summed E-state index contributed by atoms with van der Waals surface area (Å²) in [6.07, 6.45) is 5.24. The molecule has 0 saturated heterocycles. The Morgan fingerprint density at radius 3 is 2.72 bits per heavy atom. The third-order valence-electron chi connectivity index (χ3n) is 5.22. The number of nitrogens with one attached hydrogen (secondary N) is 3. The van der Waals surface area contributed by atoms with Crippen molar-refractivity contribution in [3.63, 3.8) is 0 Å². The molecule has 4 N–H and O–H groups in total. The van der Waals surface area contributed by atoms with Crippen LogP contribution < -0.4 is 26.6 Å². The smallest absolute Gasteiger partial charge is 0.326 e. The van der Waals surface area contributed by atoms with Crippen molar-refractivity contribution in [1.29, 1.82) is 0 Å². The van der Waals surface area contributed by atoms with Gasteiger partial charge in [0.05, 0.1) is 25.4 Å². The van der Waals surface area contributed by atoms with E-state index in [0.717, 1.165) is 24.2 Å². The van der Waals surface area contributed by atoms with E-state index < -0.39 is 5.69 Å². The number of imidazole rings is 1. The van der Waals surface area contributed by atoms with Crippen LogP contribution in [-0.4, -0.2) is 47.8 Å². The van der Waals surface area contributed by atoms with E-state index in [-0.39, 0.29) is 23.7 Å². The number of aromatic hydroxyl groups is 1. The highest BCUT2D eigenvalue weighted by atomic mass is 16.5. The van der Waals surface area contributed by atoms with Gasteiger partial charge in [-0.15, -0.1) is 0 Å². The van der Waals surface area contributed by atoms with E-state index in [1.165, 1.54) is 0 Å². The quantitative estimate of drug-likeness (QED) is 0.348. The van der Waals surface area contributed by atoms with E-state index >= 15 is 0 Å². The minimum absolute atomic E-state index is 0.0717. The van der Waals surface area contributed by atoms with Gasteiger partial charge >= 0.3 is 5.69 Å². The van der Waals surface area contributed by atoms with Gasteiger partial charge in [-0.3, -0.25) is 4.98 Å². The molecule has 3 aromatic heterocycles. The summed E-state index contributed by atoms with van der Waals surface area (Å²) < 4.78 is 6.79. The minimum Gasteiger partial charge on any atom is -0.497 e. The Hall–Kier alpha value is -4.15. The van der Waals surface area contributed by atoms with E-state index in [1.807, 2.05) is 31.2 Å². The van der Waals surface area contributed by atoms with Crippen molar-refractivity contribution in [1.82, 2.24) is 29.5 Å². The molecule has 4 aromatic rings. The zero-order valence-electron chi connectivity index (χ0n) is 17.5. The molecular weight excluding hydrogens is 412 g/mol. The second-order valence-electron chi connectivity index (χ2n) is 7.67. The summed E-state index contributed by atoms with van der Waals surface area (Å²) in [6.45, 7) is 2.01. The second-order valence-corrected chi connectivity index (χ2v) is 7.67. The lowest BCUT2D eigenvalue weighted by molar-refractivity contribution is 0.414. The highest BCUT2D eigenvalue weighted by molar-refractivity contribution is 5.57. The average Bonchev–Trinajstić information content (AvgIpc) is 3.42. The Bertz CT molecular complexity index is 1450. The Morgan fingerprint density at radius 2 is 2.06 bits per heavy atom. The number of methoxy groups -OCH3 is 1. The molecule has 0 aliphatic heterocycles. The van der Waals surface area contributed by atoms with E-state index in [4.69, 9.17) is 4.74 Å². The van der Waals surface area contributed by atoms with Crippen LogP contribution in [0.3, 0.4) is 0 Å². The number of hydrogen-bond acceptors (Lipinski definition) is 8. The zero-order chi connectivity index (χ0) is 22.2. The third-order valence-corrected chi connectivity index (χ3v) is 5.22. The Kier molecular flexibility index (Phi) is 4.85. The molecule has 0 radical (unpaired) electrons. The van der Waals surface area contributed by atoms with Crippen molar-refractivity contribution in [2.45, 2.75) is 31.8 Å². The lowest BCUT2D eigenvalue weighted by atomic mass is 10.1. The number of fused-ring (bicyclic) bond motifs is 1. The summed E-state index contributed by atoms with van der Waals surface area (Å²) in [6, 6.07) is 7.93. The number of ether oxygens (including phenoxy) is 1. The van der Waals surface area contributed by atoms with Crippen LogP contribution in [0.1, 0.15) is 37.1 Å². The van der Waals surface area contributed by atoms with Crippen LogP contribution in [0.15, 0.2) is 40.2 Å². The van der Waals surface area contributed by atoms with Crippen LogP contribution in [0.4, 0.5) is 5.95 Å². The molecule has 32 heavy (non-hydrogen) atoms. The van der Waals surface area contributed by atoms with Gasteiger partial charge in [0, 0.05) is 5.22 Å². The number of hydrogen-bond donors (Lipinski definition) is 4. The van der Waals surface area contributed by atoms with Gasteiger partial charge in [-0.25, -0.2) is 9.79 Å². The summed E-state index contributed by atoms with van der Waals surface area (Å²) in [7, 11) is 1.63. The molecule has 0 bridgehead atoms. The van der Waals surface area contributed by atoms with Crippen LogP contribution in [-0.2, 0) is 0 Å². The lowest BCUT2D eigenvalue weighted by Gasteiger charge is -2.14. The summed E-state index contributed by atoms with van der Waals surface area (Å²) in [5.41, 5.74) is 1.74. The van der Waals surface area contributed by atoms with Crippen LogP contribution >= 0.6 is 0 Å². The molecule has 0 spiro atoms. The fourth-order valence-corrected chi connectivity index (χ4v) is 3.31. The second kappa shape index (κ2) is 7.84. The summed E-state index contributed by atoms with van der Waals surface area (Å²) in [5.74, 6) is 0.939. The van der Waals surface area contributed by atoms with Crippen molar-refractivity contribution >= 4 is 17.7 Å². The van der Waals surface area contributed by atoms with Gasteiger partial charge in [0.15, 0.2) is 5.65 Å². The van der Waals surface area contributed by atoms with Gasteiger partial charge in [-0.1, -0.05) is 12.1 Å². The van der Waals surface area contributed by atoms with Gasteiger partial charge in [0.1, 0.15) is 11.4 Å². The summed E-state index contributed by atoms with van der Waals surface area (Å²) in [4.78, 5) is 30.2. The number of aromatic nitrogens is 6. The molecule has 3 heterocycles. The number of benzene rings is 1. The Balaban J connectivity index is 1.58. The maximum Gasteiger partial charge on any atom is 0.326 e. The van der Waals surface area contributed by atoms with Crippen LogP contribution in [0.5, 0.6) is 11.6 Å². The first kappa shape index (κ1) is 19.8. The van der Waals surface area contributed by atoms with Gasteiger partial charge in [-0.05, 0) is 43.5 Å². The topological polar surface area (TPSA) is 146 Å². The Morgan fingerprint density at radius 1 is 1.28 bits per heavy atom. The van der Waals surface area contributed by atoms with Gasteiger partial charge in [-0.2, -0.15) is 19.6 Å². The number of anilines is 1. The van der Waals surface area contributed by atoms with Gasteiger partial charge in [0.2, 0.25) is 11.8 Å². The molecule has 5 rings (SSSR count). The van der Waals surface area contributed by atoms with Crippen LogP contribution in [0.25, 0.3) is 11.7 Å². The highest BCUT2D eigenvalue weighted by Crippen LogP contribution is 2.23. The van der Waals surface area contributed by atoms with Gasteiger partial charge < -0.3 is 20.1 Å². The molecule has 1 atom stereocenters. The van der Waals surface area contributed by atoms with Crippen LogP contribution in [0, 0.1) is 0 Å². The SMILES string of the molecule is COc1ccc([C@@H](C)Nc2nc(=NC3CC3)n3ncc(=Cc4[nH]c(=O)[nH]c4O)c3n2)cc1. The molecule has 0 unspecified atom stereocenters. The van der Waals surface area contributed by atoms with E-state index in [2.05, 4.69) is 35.3 Å². The number of rotatable bonds is 6. The third kappa shape index (κ3) is 3.92. The van der Waals surface area contributed by atoms with Crippen molar-refractivity contribution in [2.75, 3.05) is 12.4 Å². The maximum absolute atomic E-state index is 11.5. The lowest BCUT2D eigenvalue weighted by Crippen LogP contribution is -2.25. The monoisotopic (exact) mass is 434 g/mol. The molecule has 1 aromatic carbocycles. The zero-order valence-corrected chi connectivity index (χ0v) is 17.5. The van der Waals surface area contributed by atoms with Gasteiger partial charge in [0.25, 0.3) is 5.62 Å². The summed E-state index contributed by atoms with van der Waals surface area (Å²) in [5, 5.41) is 18.2. The highest BCUT2D eigenvalue weighted by Gasteiger charge is 2.21. The number of aromatic amines is 2. The molecule has 1 aliphatic carbocycles. The van der Waals surface area contributed by atoms with Crippen molar-refractivity contribution in [3.8, 4) is 11.6 Å². The maximum atomic E-state index is 11.5. The first-order valence-electron chi connectivity index (χ1n) is 10.2. The van der Waals surface area contributed by atoms with Crippen molar-refractivity contribution in [3.05, 3.63) is 63.0 Å². The molecule has 0 amide bonds. The number of nitrogens with zero attached hydrogens (tertiary/aromatic N) is 5. The standard InChI is InChI=1S/C21H22N8O3/c1-11(12-3-7-15(32-2)8-4-12)23-19-26-17-13(9-16-18(30)27-21(31)25-16)10-22-29(17)20(28-19)24-14-5-6-14/h3-4,7-11,14,30H,5-6H2,1-2H3,(H,23,24,28)(H2,25,27,31)/t11-/m1/s1. The molecule has 1 fully saturated rings. The molecule has 164 valence electrons. The average molecular weight is 434 g/mol. The van der Waals surface area contributed by atoms with Crippen molar-refractivity contribution in [2.24, 2.45) is 4.99 Å². The minimum atomic E-state index is -0.500. The van der Waals surface area contributed by atoms with Crippen LogP contribution in [0.2, 0.25) is 0 Å². The largest absolute Gasteiger partial charge is 0.497 e. The Labute approximate surface area is 181 Å². The fraction of sp³-hybridized carbons (Fsp3) is 0.286. The summed E-state index contributed by atoms with van der Waals surface area (Å²) >= 11 is 0. The van der Waals surface area contributed by atoms with E-state index in [0.29, 0.717) is 22.4 Å². The molecular formula is C21H22N8O3. The predicted octanol–water partition coefficient (Wildman–Crippen LogP) is 0.639. The molecule has 11 heteroatoms. The predicted molar refractivity (Wildman–Crippen MR) is 116 cm³/mol. The molecule has 11 nitrogen and oxygen atoms in total. The first-order chi connectivity index (χ1) is 15.5. The molecule has 1 saturated carbocycles. The van der Waals surface area contributed by atoms with Crippen molar-refractivity contribution < 1.29 is 9.84 Å². The first-order valence-corrected chi connectivity index (χ1v) is 10.2. The number of H-pyrrole nitrogens is 2. The normalized spacial score (nSPS) is 15.9. The molecule has 1 aliphatic rings. The van der Waals surface area contributed by atoms with E-state index in [9.17, 15) is 9.90 Å².